The van der Waals surface area contributed by atoms with Crippen LogP contribution in [0.1, 0.15) is 23.5 Å². The predicted molar refractivity (Wildman–Crippen MR) is 152 cm³/mol. The molecule has 2 aromatic heterocycles. The maximum Gasteiger partial charge on any atom is 0.0705 e. The van der Waals surface area contributed by atoms with E-state index in [1.165, 1.54) is 37.8 Å². The van der Waals surface area contributed by atoms with E-state index < -0.39 is 13.2 Å². The van der Waals surface area contributed by atoms with Gasteiger partial charge in [-0.1, -0.05) is 66.7 Å². The van der Waals surface area contributed by atoms with Crippen LogP contribution >= 0.6 is 11.3 Å². The summed E-state index contributed by atoms with van der Waals surface area (Å²) >= 11 is 1.74. The Morgan fingerprint density at radius 1 is 0.743 bits per heavy atom. The van der Waals surface area contributed by atoms with Gasteiger partial charge in [-0.2, -0.15) is 0 Å². The predicted octanol–water partition coefficient (Wildman–Crippen LogP) is 9.32. The molecule has 0 saturated heterocycles. The highest BCUT2D eigenvalue weighted by Gasteiger charge is 2.12. The molecular formula is C33H23NS. The number of hydrogen-bond donors (Lipinski definition) is 0. The van der Waals surface area contributed by atoms with Crippen LogP contribution in [0.2, 0.25) is 0 Å². The molecule has 7 aromatic rings. The first-order valence-electron chi connectivity index (χ1n) is 14.0. The van der Waals surface area contributed by atoms with Crippen LogP contribution in [0.5, 0.6) is 0 Å². The van der Waals surface area contributed by atoms with Crippen molar-refractivity contribution in [2.75, 3.05) is 0 Å². The van der Waals surface area contributed by atoms with Gasteiger partial charge in [0.2, 0.25) is 0 Å². The molecule has 0 radical (unpaired) electrons. The number of thiophene rings is 1. The number of pyridine rings is 1. The smallest absolute Gasteiger partial charge is 0.0705 e. The molecule has 0 bridgehead atoms. The Morgan fingerprint density at radius 3 is 2.40 bits per heavy atom. The summed E-state index contributed by atoms with van der Waals surface area (Å²) in [6.07, 6.45) is -0.699. The van der Waals surface area contributed by atoms with Gasteiger partial charge in [-0.3, -0.25) is 4.98 Å². The molecule has 0 unspecified atom stereocenters. The fourth-order valence-electron chi connectivity index (χ4n) is 4.84. The van der Waals surface area contributed by atoms with E-state index >= 15 is 0 Å². The van der Waals surface area contributed by atoms with Crippen LogP contribution in [0.3, 0.4) is 0 Å². The average Bonchev–Trinajstić information content (AvgIpc) is 3.34. The zero-order valence-electron chi connectivity index (χ0n) is 23.7. The molecule has 2 heterocycles. The highest BCUT2D eigenvalue weighted by atomic mass is 32.1. The van der Waals surface area contributed by atoms with E-state index in [9.17, 15) is 0 Å². The fraction of sp³-hybridized carbons (Fsp3) is 0.0606. The van der Waals surface area contributed by atoms with Gasteiger partial charge in [0.05, 0.1) is 5.69 Å². The minimum absolute atomic E-state index is 0.0787. The molecule has 0 amide bonds. The summed E-state index contributed by atoms with van der Waals surface area (Å²) in [5.74, 6) is 0. The number of benzene rings is 5. The summed E-state index contributed by atoms with van der Waals surface area (Å²) in [4.78, 5) is 4.53. The molecule has 0 saturated carbocycles. The van der Waals surface area contributed by atoms with Gasteiger partial charge in [0.25, 0.3) is 0 Å². The largest absolute Gasteiger partial charge is 0.256 e. The number of rotatable bonds is 3. The summed E-state index contributed by atoms with van der Waals surface area (Å²) in [5.41, 5.74) is 1.78. The van der Waals surface area contributed by atoms with Gasteiger partial charge in [-0.05, 0) is 87.9 Å². The first-order valence-corrected chi connectivity index (χ1v) is 12.4. The van der Waals surface area contributed by atoms with E-state index in [4.69, 9.17) is 6.85 Å². The SMILES string of the molecule is [2H]C([2H])([2H])c1cnc(-c2ccc3sc4ccc5cc6ccccc6cc5c4c3c2)cc1C([2H])([2H])c1ccccc1. The van der Waals surface area contributed by atoms with Crippen LogP contribution in [-0.2, 0) is 6.37 Å². The molecule has 0 aliphatic heterocycles. The lowest BCUT2D eigenvalue weighted by Crippen LogP contribution is -1.95. The summed E-state index contributed by atoms with van der Waals surface area (Å²) in [6.45, 7) is -2.50. The molecule has 0 aliphatic rings. The van der Waals surface area contributed by atoms with Crippen molar-refractivity contribution in [1.82, 2.24) is 4.98 Å². The molecule has 5 aromatic carbocycles. The first kappa shape index (κ1) is 15.8. The second-order valence-electron chi connectivity index (χ2n) is 8.78. The second kappa shape index (κ2) is 8.04. The molecule has 0 aliphatic carbocycles. The van der Waals surface area contributed by atoms with Crippen molar-refractivity contribution in [2.24, 2.45) is 0 Å². The molecule has 2 heteroatoms. The first-order chi connectivity index (χ1) is 19.2. The summed E-state index contributed by atoms with van der Waals surface area (Å²) in [6, 6.07) is 33.6. The van der Waals surface area contributed by atoms with Crippen LogP contribution in [0.4, 0.5) is 0 Å². The molecule has 1 nitrogen and oxygen atoms in total. The van der Waals surface area contributed by atoms with Crippen LogP contribution in [-0.4, -0.2) is 4.98 Å². The third-order valence-electron chi connectivity index (χ3n) is 6.57. The molecule has 0 N–H and O–H groups in total. The van der Waals surface area contributed by atoms with Crippen molar-refractivity contribution in [3.63, 3.8) is 0 Å². The Kier molecular flexibility index (Phi) is 3.63. The molecular weight excluding hydrogens is 442 g/mol. The van der Waals surface area contributed by atoms with Gasteiger partial charge < -0.3 is 0 Å². The zero-order chi connectivity index (χ0) is 27.6. The lowest BCUT2D eigenvalue weighted by Gasteiger charge is -2.09. The average molecular weight is 471 g/mol. The maximum atomic E-state index is 8.95. The minimum Gasteiger partial charge on any atom is -0.256 e. The van der Waals surface area contributed by atoms with E-state index in [-0.39, 0.29) is 11.1 Å². The molecule has 0 fully saturated rings. The molecule has 7 rings (SSSR count). The van der Waals surface area contributed by atoms with Gasteiger partial charge >= 0.3 is 0 Å². The Labute approximate surface area is 215 Å². The lowest BCUT2D eigenvalue weighted by atomic mass is 9.97. The summed E-state index contributed by atoms with van der Waals surface area (Å²) in [7, 11) is 0. The van der Waals surface area contributed by atoms with Crippen molar-refractivity contribution in [3.8, 4) is 11.3 Å². The zero-order valence-corrected chi connectivity index (χ0v) is 19.6. The quantitative estimate of drug-likeness (QED) is 0.234. The Hall–Kier alpha value is -4.01. The van der Waals surface area contributed by atoms with E-state index in [1.54, 1.807) is 41.7 Å². The Morgan fingerprint density at radius 2 is 1.54 bits per heavy atom. The second-order valence-corrected chi connectivity index (χ2v) is 9.86. The fourth-order valence-corrected chi connectivity index (χ4v) is 5.94. The summed E-state index contributed by atoms with van der Waals surface area (Å²) in [5, 5.41) is 7.04. The third kappa shape index (κ3) is 3.50. The van der Waals surface area contributed by atoms with Gasteiger partial charge in [0, 0.05) is 38.8 Å². The summed E-state index contributed by atoms with van der Waals surface area (Å²) < 4.78 is 44.5. The minimum atomic E-state index is -2.50. The van der Waals surface area contributed by atoms with Gasteiger partial charge in [-0.15, -0.1) is 11.3 Å². The standard InChI is InChI=1S/C33H23NS/c1-21-20-34-30(19-27(21)15-22-7-3-2-4-8-22)26-12-13-31-29(18-26)33-28-17-24-10-6-5-9-23(24)16-25(28)11-14-32(33)35-31/h2-14,16-20H,15H2,1H3/i1D3,15D2. The number of aryl methyl sites for hydroxylation is 1. The molecule has 35 heavy (non-hydrogen) atoms. The van der Waals surface area contributed by atoms with Gasteiger partial charge in [-0.25, -0.2) is 0 Å². The van der Waals surface area contributed by atoms with Crippen LogP contribution in [0.25, 0.3) is 53.0 Å². The number of fused-ring (bicyclic) bond motifs is 6. The monoisotopic (exact) mass is 470 g/mol. The highest BCUT2D eigenvalue weighted by molar-refractivity contribution is 7.26. The van der Waals surface area contributed by atoms with E-state index in [1.807, 2.05) is 12.1 Å². The van der Waals surface area contributed by atoms with Crippen LogP contribution < -0.4 is 0 Å². The topological polar surface area (TPSA) is 12.9 Å². The van der Waals surface area contributed by atoms with Crippen LogP contribution in [0, 0.1) is 6.85 Å². The maximum absolute atomic E-state index is 8.95. The van der Waals surface area contributed by atoms with E-state index in [0.29, 0.717) is 11.3 Å². The number of hydrogen-bond acceptors (Lipinski definition) is 2. The van der Waals surface area contributed by atoms with E-state index in [0.717, 1.165) is 15.6 Å². The molecule has 0 atom stereocenters. The highest BCUT2D eigenvalue weighted by Crippen LogP contribution is 2.41. The Balaban J connectivity index is 1.45. The number of nitrogens with zero attached hydrogens (tertiary/aromatic N) is 1. The number of aromatic nitrogens is 1. The lowest BCUT2D eigenvalue weighted by molar-refractivity contribution is 1.12. The van der Waals surface area contributed by atoms with Gasteiger partial charge in [0.15, 0.2) is 0 Å². The molecule has 0 spiro atoms. The van der Waals surface area contributed by atoms with Gasteiger partial charge in [0.1, 0.15) is 0 Å². The molecule has 166 valence electrons. The van der Waals surface area contributed by atoms with Crippen molar-refractivity contribution < 1.29 is 6.85 Å². The van der Waals surface area contributed by atoms with Crippen molar-refractivity contribution in [3.05, 3.63) is 126 Å². The van der Waals surface area contributed by atoms with Crippen molar-refractivity contribution in [2.45, 2.75) is 13.2 Å². The third-order valence-corrected chi connectivity index (χ3v) is 7.71. The normalized spacial score (nSPS) is 14.6. The van der Waals surface area contributed by atoms with Crippen molar-refractivity contribution >= 4 is 53.1 Å². The van der Waals surface area contributed by atoms with E-state index in [2.05, 4.69) is 65.6 Å². The Bertz CT molecular complexity index is 2080. The van der Waals surface area contributed by atoms with Crippen LogP contribution in [0.15, 0.2) is 109 Å². The van der Waals surface area contributed by atoms with Crippen molar-refractivity contribution in [1.29, 1.82) is 0 Å².